The molecular formula is C13H13F3N2OS. The maximum Gasteiger partial charge on any atom is 0.406 e. The van der Waals surface area contributed by atoms with Gasteiger partial charge < -0.3 is 10.6 Å². The summed E-state index contributed by atoms with van der Waals surface area (Å²) in [5, 5.41) is 0.707. The van der Waals surface area contributed by atoms with Gasteiger partial charge in [0.25, 0.3) is 5.91 Å². The van der Waals surface area contributed by atoms with Crippen LogP contribution < -0.4 is 5.73 Å². The zero-order chi connectivity index (χ0) is 15.1. The van der Waals surface area contributed by atoms with Gasteiger partial charge in [-0.2, -0.15) is 13.2 Å². The molecule has 0 fully saturated rings. The number of nitrogen functional groups attached to an aromatic ring is 1. The average Bonchev–Trinajstić information content (AvgIpc) is 2.66. The van der Waals surface area contributed by atoms with Gasteiger partial charge in [0.2, 0.25) is 0 Å². The molecule has 108 valence electrons. The minimum Gasteiger partial charge on any atom is -0.397 e. The van der Waals surface area contributed by atoms with Crippen LogP contribution in [0.1, 0.15) is 15.2 Å². The number of alkyl halides is 3. The largest absolute Gasteiger partial charge is 0.406 e. The topological polar surface area (TPSA) is 46.3 Å². The van der Waals surface area contributed by atoms with E-state index >= 15 is 0 Å². The van der Waals surface area contributed by atoms with Crippen LogP contribution in [0.25, 0.3) is 10.1 Å². The number of benzene rings is 1. The summed E-state index contributed by atoms with van der Waals surface area (Å²) in [6.07, 6.45) is -4.42. The summed E-state index contributed by atoms with van der Waals surface area (Å²) in [5.41, 5.74) is 7.08. The highest BCUT2D eigenvalue weighted by molar-refractivity contribution is 7.21. The van der Waals surface area contributed by atoms with Crippen LogP contribution in [0, 0.1) is 6.92 Å². The molecule has 0 atom stereocenters. The third-order valence-electron chi connectivity index (χ3n) is 2.91. The van der Waals surface area contributed by atoms with E-state index < -0.39 is 18.6 Å². The zero-order valence-corrected chi connectivity index (χ0v) is 11.7. The highest BCUT2D eigenvalue weighted by Gasteiger charge is 2.32. The van der Waals surface area contributed by atoms with E-state index in [4.69, 9.17) is 5.73 Å². The lowest BCUT2D eigenvalue weighted by Gasteiger charge is -2.18. The summed E-state index contributed by atoms with van der Waals surface area (Å²) >= 11 is 1.13. The molecular weight excluding hydrogens is 289 g/mol. The quantitative estimate of drug-likeness (QED) is 0.924. The second kappa shape index (κ2) is 4.97. The number of hydrogen-bond donors (Lipinski definition) is 1. The Hall–Kier alpha value is -1.76. The fraction of sp³-hybridized carbons (Fsp3) is 0.308. The number of fused-ring (bicyclic) bond motifs is 1. The van der Waals surface area contributed by atoms with E-state index in [0.717, 1.165) is 28.6 Å². The minimum absolute atomic E-state index is 0.154. The van der Waals surface area contributed by atoms with Gasteiger partial charge in [0.05, 0.1) is 5.69 Å². The Labute approximate surface area is 117 Å². The third kappa shape index (κ3) is 2.72. The summed E-state index contributed by atoms with van der Waals surface area (Å²) in [5.74, 6) is -0.708. The van der Waals surface area contributed by atoms with Crippen molar-refractivity contribution in [3.8, 4) is 0 Å². The summed E-state index contributed by atoms with van der Waals surface area (Å²) in [6.45, 7) is 0.574. The molecule has 0 aliphatic carbocycles. The summed E-state index contributed by atoms with van der Waals surface area (Å²) in [6, 6.07) is 5.43. The van der Waals surface area contributed by atoms with E-state index in [0.29, 0.717) is 10.3 Å². The van der Waals surface area contributed by atoms with Crippen molar-refractivity contribution < 1.29 is 18.0 Å². The van der Waals surface area contributed by atoms with Gasteiger partial charge in [0.15, 0.2) is 0 Å². The highest BCUT2D eigenvalue weighted by Crippen LogP contribution is 2.36. The van der Waals surface area contributed by atoms with Crippen molar-refractivity contribution in [3.05, 3.63) is 28.6 Å². The molecule has 0 saturated heterocycles. The van der Waals surface area contributed by atoms with Crippen molar-refractivity contribution in [2.45, 2.75) is 13.1 Å². The number of carbonyl (C=O) groups excluding carboxylic acids is 1. The van der Waals surface area contributed by atoms with Crippen molar-refractivity contribution in [2.24, 2.45) is 0 Å². The molecule has 0 unspecified atom stereocenters. The number of aryl methyl sites for hydroxylation is 1. The predicted octanol–water partition coefficient (Wildman–Crippen LogP) is 3.43. The van der Waals surface area contributed by atoms with Gasteiger partial charge in [0, 0.05) is 17.1 Å². The second-order valence-corrected chi connectivity index (χ2v) is 5.59. The summed E-state index contributed by atoms with van der Waals surface area (Å²) < 4.78 is 37.8. The lowest BCUT2D eigenvalue weighted by atomic mass is 10.1. The Morgan fingerprint density at radius 3 is 2.60 bits per heavy atom. The first-order valence-corrected chi connectivity index (χ1v) is 6.62. The Morgan fingerprint density at radius 1 is 1.40 bits per heavy atom. The number of carbonyl (C=O) groups is 1. The molecule has 1 aromatic heterocycles. The van der Waals surface area contributed by atoms with Crippen LogP contribution in [0.5, 0.6) is 0 Å². The Kier molecular flexibility index (Phi) is 3.64. The fourth-order valence-corrected chi connectivity index (χ4v) is 3.14. The number of anilines is 1. The molecule has 1 heterocycles. The van der Waals surface area contributed by atoms with Gasteiger partial charge >= 0.3 is 6.18 Å². The van der Waals surface area contributed by atoms with Crippen LogP contribution in [0.3, 0.4) is 0 Å². The smallest absolute Gasteiger partial charge is 0.397 e. The normalized spacial score (nSPS) is 11.8. The van der Waals surface area contributed by atoms with Crippen molar-refractivity contribution in [1.82, 2.24) is 4.90 Å². The molecule has 7 heteroatoms. The van der Waals surface area contributed by atoms with Gasteiger partial charge in [-0.15, -0.1) is 11.3 Å². The third-order valence-corrected chi connectivity index (χ3v) is 4.25. The van der Waals surface area contributed by atoms with Crippen molar-refractivity contribution in [1.29, 1.82) is 0 Å². The van der Waals surface area contributed by atoms with Crippen molar-refractivity contribution >= 4 is 33.0 Å². The monoisotopic (exact) mass is 302 g/mol. The predicted molar refractivity (Wildman–Crippen MR) is 74.0 cm³/mol. The molecule has 0 spiro atoms. The first-order chi connectivity index (χ1) is 9.20. The van der Waals surface area contributed by atoms with E-state index in [9.17, 15) is 18.0 Å². The van der Waals surface area contributed by atoms with Gasteiger partial charge in [-0.1, -0.05) is 18.2 Å². The van der Waals surface area contributed by atoms with Crippen LogP contribution in [0.4, 0.5) is 18.9 Å². The van der Waals surface area contributed by atoms with E-state index in [1.54, 1.807) is 12.1 Å². The molecule has 1 amide bonds. The van der Waals surface area contributed by atoms with E-state index in [1.807, 2.05) is 13.0 Å². The van der Waals surface area contributed by atoms with Crippen LogP contribution in [0.2, 0.25) is 0 Å². The number of halogens is 3. The molecule has 0 bridgehead atoms. The van der Waals surface area contributed by atoms with Gasteiger partial charge in [-0.05, 0) is 12.5 Å². The average molecular weight is 302 g/mol. The number of nitrogens with zero attached hydrogens (tertiary/aromatic N) is 1. The minimum atomic E-state index is -4.42. The first-order valence-electron chi connectivity index (χ1n) is 5.80. The number of rotatable bonds is 2. The number of amides is 1. The van der Waals surface area contributed by atoms with Crippen molar-refractivity contribution in [3.63, 3.8) is 0 Å². The zero-order valence-electron chi connectivity index (χ0n) is 10.9. The van der Waals surface area contributed by atoms with Gasteiger partial charge in [-0.25, -0.2) is 0 Å². The standard InChI is InChI=1S/C13H13F3N2OS/c1-7-4-3-5-8-9(17)11(20-10(7)8)12(19)18(2)6-13(14,15)16/h3-5H,6,17H2,1-2H3. The van der Waals surface area contributed by atoms with Crippen LogP contribution in [0.15, 0.2) is 18.2 Å². The molecule has 20 heavy (non-hydrogen) atoms. The lowest BCUT2D eigenvalue weighted by Crippen LogP contribution is -2.35. The fourth-order valence-electron chi connectivity index (χ4n) is 1.95. The van der Waals surface area contributed by atoms with Crippen LogP contribution in [-0.2, 0) is 0 Å². The van der Waals surface area contributed by atoms with Crippen LogP contribution in [-0.4, -0.2) is 30.6 Å². The Balaban J connectivity index is 2.40. The van der Waals surface area contributed by atoms with Crippen LogP contribution >= 0.6 is 11.3 Å². The van der Waals surface area contributed by atoms with Gasteiger partial charge in [0.1, 0.15) is 11.4 Å². The first kappa shape index (κ1) is 14.6. The van der Waals surface area contributed by atoms with E-state index in [1.165, 1.54) is 0 Å². The summed E-state index contributed by atoms with van der Waals surface area (Å²) in [7, 11) is 1.12. The summed E-state index contributed by atoms with van der Waals surface area (Å²) in [4.78, 5) is 12.9. The molecule has 0 aliphatic heterocycles. The SMILES string of the molecule is Cc1cccc2c(N)c(C(=O)N(C)CC(F)(F)F)sc12. The molecule has 0 radical (unpaired) electrons. The maximum atomic E-state index is 12.3. The molecule has 2 N–H and O–H groups in total. The molecule has 0 aliphatic rings. The molecule has 2 rings (SSSR count). The molecule has 0 saturated carbocycles. The number of thiophene rings is 1. The molecule has 3 nitrogen and oxygen atoms in total. The highest BCUT2D eigenvalue weighted by atomic mass is 32.1. The molecule has 1 aromatic carbocycles. The van der Waals surface area contributed by atoms with E-state index in [-0.39, 0.29) is 10.6 Å². The van der Waals surface area contributed by atoms with Gasteiger partial charge in [-0.3, -0.25) is 4.79 Å². The number of nitrogens with two attached hydrogens (primary N) is 1. The second-order valence-electron chi connectivity index (χ2n) is 4.57. The number of hydrogen-bond acceptors (Lipinski definition) is 3. The maximum absolute atomic E-state index is 12.3. The molecule has 2 aromatic rings. The van der Waals surface area contributed by atoms with Crippen molar-refractivity contribution in [2.75, 3.05) is 19.3 Å². The van der Waals surface area contributed by atoms with E-state index in [2.05, 4.69) is 0 Å². The lowest BCUT2D eigenvalue weighted by molar-refractivity contribution is -0.138. The Bertz CT molecular complexity index is 663. The Morgan fingerprint density at radius 2 is 2.05 bits per heavy atom.